The first kappa shape index (κ1) is 11.6. The zero-order valence-corrected chi connectivity index (χ0v) is 7.38. The van der Waals surface area contributed by atoms with E-state index < -0.39 is 0 Å². The quantitative estimate of drug-likeness (QED) is 0.248. The molecule has 0 aliphatic rings. The molecule has 0 heterocycles. The Labute approximate surface area is 84.3 Å². The van der Waals surface area contributed by atoms with Crippen molar-refractivity contribution < 1.29 is 4.28 Å². The number of hydrogen-bond acceptors (Lipinski definition) is 5. The van der Waals surface area contributed by atoms with Crippen LogP contribution in [-0.2, 0) is 4.28 Å². The lowest BCUT2D eigenvalue weighted by Gasteiger charge is -1.71. The molecule has 14 heavy (non-hydrogen) atoms. The van der Waals surface area contributed by atoms with Crippen molar-refractivity contribution in [2.45, 2.75) is 0 Å². The standard InChI is InChI=1S/C5HN7OS/c6-4-2-1-3-5-7-8-9-10-11-12-13-14/h14H/b8-7+,10-9+,12-11+. The summed E-state index contributed by atoms with van der Waals surface area (Å²) in [5.41, 5.74) is 0. The van der Waals surface area contributed by atoms with Gasteiger partial charge in [0.2, 0.25) is 0 Å². The second-order valence-corrected chi connectivity index (χ2v) is 1.38. The lowest BCUT2D eigenvalue weighted by Crippen LogP contribution is -1.53. The average molecular weight is 207 g/mol. The van der Waals surface area contributed by atoms with Gasteiger partial charge in [-0.15, -0.1) is 0 Å². The van der Waals surface area contributed by atoms with Crippen LogP contribution < -0.4 is 0 Å². The molecule has 9 heteroatoms. The van der Waals surface area contributed by atoms with Crippen LogP contribution in [0.5, 0.6) is 0 Å². The maximum atomic E-state index is 7.97. The maximum absolute atomic E-state index is 7.97. The monoisotopic (exact) mass is 207 g/mol. The largest absolute Gasteiger partial charge is 0.305 e. The molecule has 0 aromatic heterocycles. The van der Waals surface area contributed by atoms with E-state index in [0.29, 0.717) is 0 Å². The smallest absolute Gasteiger partial charge is 0.153 e. The second-order valence-electron chi connectivity index (χ2n) is 1.22. The summed E-state index contributed by atoms with van der Waals surface area (Å²) in [5.74, 6) is 6.41. The van der Waals surface area contributed by atoms with Crippen molar-refractivity contribution in [1.82, 2.24) is 0 Å². The molecular weight excluding hydrogens is 206 g/mol. The highest BCUT2D eigenvalue weighted by Gasteiger charge is 1.66. The third kappa shape index (κ3) is 9.56. The highest BCUT2D eigenvalue weighted by Crippen LogP contribution is 1.85. The number of nitriles is 1. The van der Waals surface area contributed by atoms with E-state index in [9.17, 15) is 0 Å². The summed E-state index contributed by atoms with van der Waals surface area (Å²) >= 11 is 3.23. The molecule has 0 bridgehead atoms. The maximum Gasteiger partial charge on any atom is 0.153 e. The molecular formula is C5HN7OS. The van der Waals surface area contributed by atoms with Crippen LogP contribution >= 0.6 is 12.9 Å². The van der Waals surface area contributed by atoms with Gasteiger partial charge >= 0.3 is 0 Å². The minimum absolute atomic E-state index is 1.57. The predicted molar refractivity (Wildman–Crippen MR) is 45.8 cm³/mol. The summed E-state index contributed by atoms with van der Waals surface area (Å²) in [7, 11) is 0. The molecule has 0 aromatic carbocycles. The normalized spacial score (nSPS) is 9.14. The summed E-state index contributed by atoms with van der Waals surface area (Å²) in [6, 6.07) is 3.69. The van der Waals surface area contributed by atoms with Gasteiger partial charge in [0, 0.05) is 28.2 Å². The highest BCUT2D eigenvalue weighted by molar-refractivity contribution is 7.75. The summed E-state index contributed by atoms with van der Waals surface area (Å²) in [6.45, 7) is 0. The van der Waals surface area contributed by atoms with Gasteiger partial charge in [-0.1, -0.05) is 5.11 Å². The lowest BCUT2D eigenvalue weighted by atomic mass is 10.6. The Morgan fingerprint density at radius 3 is 2.50 bits per heavy atom. The molecule has 0 atom stereocenters. The third-order valence-electron chi connectivity index (χ3n) is 0.525. The Morgan fingerprint density at radius 1 is 1.00 bits per heavy atom. The molecule has 0 spiro atoms. The van der Waals surface area contributed by atoms with Gasteiger partial charge in [0.25, 0.3) is 0 Å². The Kier molecular flexibility index (Phi) is 8.72. The van der Waals surface area contributed by atoms with Gasteiger partial charge in [0.05, 0.1) is 24.2 Å². The summed E-state index contributed by atoms with van der Waals surface area (Å²) in [6.07, 6.45) is 0. The van der Waals surface area contributed by atoms with Gasteiger partial charge in [0.1, 0.15) is 0 Å². The Balaban J connectivity index is 3.84. The fraction of sp³-hybridized carbons (Fsp3) is 0. The number of rotatable bonds is 3. The van der Waals surface area contributed by atoms with Gasteiger partial charge < -0.3 is 4.28 Å². The SMILES string of the molecule is N#CC#CC#C/N=N/N=N/N=N/OS. The van der Waals surface area contributed by atoms with Gasteiger partial charge in [0.15, 0.2) is 6.07 Å². The van der Waals surface area contributed by atoms with E-state index in [1.165, 1.54) is 0 Å². The van der Waals surface area contributed by atoms with Crippen molar-refractivity contribution in [3.8, 4) is 29.9 Å². The fourth-order valence-corrected chi connectivity index (χ4v) is 0.256. The van der Waals surface area contributed by atoms with Crippen molar-refractivity contribution in [3.05, 3.63) is 0 Å². The molecule has 0 N–H and O–H groups in total. The van der Waals surface area contributed by atoms with Crippen LogP contribution in [0.1, 0.15) is 0 Å². The molecule has 0 saturated carbocycles. The number of thiol groups is 1. The highest BCUT2D eigenvalue weighted by atomic mass is 32.1. The van der Waals surface area contributed by atoms with E-state index in [0.717, 1.165) is 0 Å². The van der Waals surface area contributed by atoms with Gasteiger partial charge in [-0.2, -0.15) is 5.26 Å². The van der Waals surface area contributed by atoms with E-state index in [4.69, 9.17) is 5.26 Å². The van der Waals surface area contributed by atoms with Crippen LogP contribution in [0.3, 0.4) is 0 Å². The topological polar surface area (TPSA) is 107 Å². The molecule has 0 aliphatic heterocycles. The molecule has 8 nitrogen and oxygen atoms in total. The molecule has 0 aromatic rings. The Morgan fingerprint density at radius 2 is 1.79 bits per heavy atom. The molecule has 0 amide bonds. The third-order valence-corrected chi connectivity index (χ3v) is 0.598. The van der Waals surface area contributed by atoms with Crippen LogP contribution in [0.4, 0.5) is 0 Å². The molecule has 0 saturated heterocycles. The van der Waals surface area contributed by atoms with Crippen molar-refractivity contribution in [3.63, 3.8) is 0 Å². The van der Waals surface area contributed by atoms with E-state index >= 15 is 0 Å². The van der Waals surface area contributed by atoms with Gasteiger partial charge in [-0.3, -0.25) is 0 Å². The molecule has 0 rings (SSSR count). The van der Waals surface area contributed by atoms with Crippen LogP contribution in [-0.4, -0.2) is 0 Å². The summed E-state index contributed by atoms with van der Waals surface area (Å²) in [5, 5.41) is 26.0. The molecule has 68 valence electrons. The zero-order valence-electron chi connectivity index (χ0n) is 6.49. The van der Waals surface area contributed by atoms with E-state index in [-0.39, 0.29) is 0 Å². The van der Waals surface area contributed by atoms with Gasteiger partial charge in [-0.25, -0.2) is 0 Å². The Bertz CT molecular complexity index is 398. The van der Waals surface area contributed by atoms with Crippen LogP contribution in [0, 0.1) is 35.1 Å². The summed E-state index contributed by atoms with van der Waals surface area (Å²) in [4.78, 5) is 0. The van der Waals surface area contributed by atoms with Crippen LogP contribution in [0.25, 0.3) is 0 Å². The van der Waals surface area contributed by atoms with E-state index in [2.05, 4.69) is 66.4 Å². The Hall–Kier alpha value is -2.44. The van der Waals surface area contributed by atoms with Gasteiger partial charge in [-0.05, 0) is 10.4 Å². The zero-order chi connectivity index (χ0) is 10.5. The summed E-state index contributed by atoms with van der Waals surface area (Å²) < 4.78 is 3.86. The minimum atomic E-state index is 1.57. The van der Waals surface area contributed by atoms with Crippen molar-refractivity contribution in [1.29, 1.82) is 5.26 Å². The molecule has 0 aliphatic carbocycles. The lowest BCUT2D eigenvalue weighted by molar-refractivity contribution is 0.367. The van der Waals surface area contributed by atoms with Crippen LogP contribution in [0.2, 0.25) is 0 Å². The minimum Gasteiger partial charge on any atom is -0.305 e. The first-order valence-corrected chi connectivity index (χ1v) is 3.18. The molecule has 0 radical (unpaired) electrons. The number of hydrogen-bond donors (Lipinski definition) is 1. The number of nitrogens with zero attached hydrogens (tertiary/aromatic N) is 7. The van der Waals surface area contributed by atoms with Crippen molar-refractivity contribution in [2.75, 3.05) is 0 Å². The first-order valence-electron chi connectivity index (χ1n) is 2.81. The van der Waals surface area contributed by atoms with Crippen LogP contribution in [0.15, 0.2) is 31.3 Å². The van der Waals surface area contributed by atoms with E-state index in [1.54, 1.807) is 6.07 Å². The van der Waals surface area contributed by atoms with Crippen molar-refractivity contribution in [2.24, 2.45) is 31.3 Å². The second kappa shape index (κ2) is 10.6. The molecule has 0 fully saturated rings. The average Bonchev–Trinajstić information content (AvgIpc) is 2.21. The molecule has 0 unspecified atom stereocenters. The van der Waals surface area contributed by atoms with Crippen molar-refractivity contribution >= 4 is 12.9 Å². The fourth-order valence-electron chi connectivity index (χ4n) is 0.223. The van der Waals surface area contributed by atoms with E-state index in [1.807, 2.05) is 5.92 Å². The predicted octanol–water partition coefficient (Wildman–Crippen LogP) is 1.44. The first-order chi connectivity index (χ1) is 6.91.